The molecule has 9 heteroatoms. The van der Waals surface area contributed by atoms with E-state index in [0.29, 0.717) is 18.8 Å². The molecule has 1 fully saturated rings. The number of hydrogen-bond donors (Lipinski definition) is 3. The van der Waals surface area contributed by atoms with Crippen molar-refractivity contribution < 1.29 is 33.8 Å². The van der Waals surface area contributed by atoms with Gasteiger partial charge in [0.2, 0.25) is 11.8 Å². The van der Waals surface area contributed by atoms with Crippen LogP contribution in [0.15, 0.2) is 30.3 Å². The Hall–Kier alpha value is -2.94. The molecule has 0 spiro atoms. The van der Waals surface area contributed by atoms with Crippen LogP contribution in [-0.2, 0) is 35.1 Å². The van der Waals surface area contributed by atoms with Gasteiger partial charge < -0.3 is 25.2 Å². The summed E-state index contributed by atoms with van der Waals surface area (Å²) in [5.74, 6) is -0.831. The number of methoxy groups -OCH3 is 2. The average Bonchev–Trinajstić information content (AvgIpc) is 2.95. The van der Waals surface area contributed by atoms with Gasteiger partial charge in [0, 0.05) is 18.9 Å². The van der Waals surface area contributed by atoms with Gasteiger partial charge in [0.15, 0.2) is 0 Å². The van der Waals surface area contributed by atoms with Gasteiger partial charge in [0.05, 0.1) is 39.2 Å². The molecule has 1 aliphatic rings. The van der Waals surface area contributed by atoms with E-state index < -0.39 is 24.1 Å². The van der Waals surface area contributed by atoms with Gasteiger partial charge in [0.25, 0.3) is 0 Å². The second-order valence-corrected chi connectivity index (χ2v) is 10.5. The van der Waals surface area contributed by atoms with Crippen LogP contribution in [-0.4, -0.2) is 61.3 Å². The van der Waals surface area contributed by atoms with Crippen molar-refractivity contribution in [3.8, 4) is 0 Å². The number of hydrogen-bond acceptors (Lipinski definition) is 7. The summed E-state index contributed by atoms with van der Waals surface area (Å²) < 4.78 is 9.26. The number of carbonyl (C=O) groups is 4. The summed E-state index contributed by atoms with van der Waals surface area (Å²) in [5.41, 5.74) is 0.950. The average molecular weight is 547 g/mol. The lowest BCUT2D eigenvalue weighted by atomic mass is 9.85. The molecule has 1 aromatic carbocycles. The number of aliphatic hydroxyl groups excluding tert-OH is 1. The van der Waals surface area contributed by atoms with Crippen molar-refractivity contribution in [1.29, 1.82) is 0 Å². The lowest BCUT2D eigenvalue weighted by molar-refractivity contribution is -0.142. The number of amides is 2. The van der Waals surface area contributed by atoms with E-state index in [-0.39, 0.29) is 50.0 Å². The molecule has 0 aliphatic heterocycles. The molecule has 3 N–H and O–H groups in total. The van der Waals surface area contributed by atoms with E-state index >= 15 is 0 Å². The van der Waals surface area contributed by atoms with E-state index in [1.807, 2.05) is 30.3 Å². The molecule has 0 radical (unpaired) electrons. The minimum Gasteiger partial charge on any atom is -0.469 e. The van der Waals surface area contributed by atoms with Gasteiger partial charge in [-0.3, -0.25) is 19.2 Å². The number of carbonyl (C=O) groups excluding carboxylic acids is 4. The van der Waals surface area contributed by atoms with Crippen molar-refractivity contribution in [3.05, 3.63) is 35.9 Å². The Morgan fingerprint density at radius 3 is 2.05 bits per heavy atom. The second-order valence-electron chi connectivity index (χ2n) is 10.5. The van der Waals surface area contributed by atoms with E-state index in [1.165, 1.54) is 46.3 Å². The Labute approximate surface area is 232 Å². The Kier molecular flexibility index (Phi) is 15.2. The summed E-state index contributed by atoms with van der Waals surface area (Å²) in [6.45, 7) is 0. The van der Waals surface area contributed by atoms with Gasteiger partial charge in [-0.15, -0.1) is 0 Å². The van der Waals surface area contributed by atoms with Crippen LogP contribution in [0.1, 0.15) is 89.0 Å². The number of esters is 2. The fourth-order valence-electron chi connectivity index (χ4n) is 5.20. The molecule has 1 aliphatic carbocycles. The second kappa shape index (κ2) is 18.4. The smallest absolute Gasteiger partial charge is 0.306 e. The first-order chi connectivity index (χ1) is 18.8. The first-order valence-electron chi connectivity index (χ1n) is 14.2. The first kappa shape index (κ1) is 32.3. The minimum atomic E-state index is -0.937. The third kappa shape index (κ3) is 13.6. The molecule has 2 rings (SSSR count). The Bertz CT molecular complexity index is 887. The maximum atomic E-state index is 12.6. The van der Waals surface area contributed by atoms with Crippen LogP contribution in [0.25, 0.3) is 0 Å². The van der Waals surface area contributed by atoms with Crippen molar-refractivity contribution in [2.75, 3.05) is 14.2 Å². The standard InChI is InChI=1S/C30H46N2O7/c1-38-29(36)18-16-27(34)31-24(15-9-14-22-10-5-3-6-11-22)21-26(33)25(20-23-12-7-4-8-13-23)32-28(35)17-19-30(37)39-2/h4,7-8,12-13,22,24-26,33H,3,5-6,9-11,14-21H2,1-2H3,(H,31,34)(H,32,35)/t24?,25?,26-/m0/s1. The predicted octanol–water partition coefficient (Wildman–Crippen LogP) is 3.61. The first-order valence-corrected chi connectivity index (χ1v) is 14.2. The monoisotopic (exact) mass is 546 g/mol. The van der Waals surface area contributed by atoms with E-state index in [1.54, 1.807) is 0 Å². The van der Waals surface area contributed by atoms with Crippen molar-refractivity contribution in [2.24, 2.45) is 5.92 Å². The molecule has 2 amide bonds. The summed E-state index contributed by atoms with van der Waals surface area (Å²) >= 11 is 0. The van der Waals surface area contributed by atoms with Crippen LogP contribution in [0.3, 0.4) is 0 Å². The zero-order chi connectivity index (χ0) is 28.5. The SMILES string of the molecule is COC(=O)CCC(=O)NC(CCCC1CCCCC1)C[C@H](O)C(Cc1ccccc1)NC(=O)CCC(=O)OC. The van der Waals surface area contributed by atoms with Gasteiger partial charge in [-0.05, 0) is 30.7 Å². The molecule has 39 heavy (non-hydrogen) atoms. The summed E-state index contributed by atoms with van der Waals surface area (Å²) in [6.07, 6.45) is 8.68. The third-order valence-electron chi connectivity index (χ3n) is 7.46. The predicted molar refractivity (Wildman–Crippen MR) is 148 cm³/mol. The van der Waals surface area contributed by atoms with Crippen LogP contribution in [0.4, 0.5) is 0 Å². The summed E-state index contributed by atoms with van der Waals surface area (Å²) in [7, 11) is 2.56. The zero-order valence-electron chi connectivity index (χ0n) is 23.5. The minimum absolute atomic E-state index is 0.00738. The molecular weight excluding hydrogens is 500 g/mol. The van der Waals surface area contributed by atoms with Crippen LogP contribution < -0.4 is 10.6 Å². The largest absolute Gasteiger partial charge is 0.469 e. The van der Waals surface area contributed by atoms with Gasteiger partial charge >= 0.3 is 11.9 Å². The van der Waals surface area contributed by atoms with Gasteiger partial charge in [-0.1, -0.05) is 75.3 Å². The fraction of sp³-hybridized carbons (Fsp3) is 0.667. The maximum absolute atomic E-state index is 12.6. The lowest BCUT2D eigenvalue weighted by Crippen LogP contribution is -2.48. The highest BCUT2D eigenvalue weighted by atomic mass is 16.5. The lowest BCUT2D eigenvalue weighted by Gasteiger charge is -2.29. The highest BCUT2D eigenvalue weighted by Crippen LogP contribution is 2.28. The molecule has 218 valence electrons. The molecule has 9 nitrogen and oxygen atoms in total. The normalized spacial score (nSPS) is 16.0. The van der Waals surface area contributed by atoms with Gasteiger partial charge in [-0.2, -0.15) is 0 Å². The summed E-state index contributed by atoms with van der Waals surface area (Å²) in [4.78, 5) is 48.2. The van der Waals surface area contributed by atoms with Crippen molar-refractivity contribution in [1.82, 2.24) is 10.6 Å². The van der Waals surface area contributed by atoms with Gasteiger partial charge in [0.1, 0.15) is 0 Å². The molecule has 0 bridgehead atoms. The molecule has 3 atom stereocenters. The van der Waals surface area contributed by atoms with E-state index in [0.717, 1.165) is 18.4 Å². The van der Waals surface area contributed by atoms with Crippen LogP contribution >= 0.6 is 0 Å². The number of ether oxygens (including phenoxy) is 2. The molecular formula is C30H46N2O7. The molecule has 2 unspecified atom stereocenters. The topological polar surface area (TPSA) is 131 Å². The van der Waals surface area contributed by atoms with Crippen LogP contribution in [0.2, 0.25) is 0 Å². The van der Waals surface area contributed by atoms with E-state index in [2.05, 4.69) is 20.1 Å². The number of rotatable bonds is 17. The molecule has 0 saturated heterocycles. The van der Waals surface area contributed by atoms with Crippen molar-refractivity contribution in [3.63, 3.8) is 0 Å². The quantitative estimate of drug-likeness (QED) is 0.254. The number of benzene rings is 1. The molecule has 0 aromatic heterocycles. The summed E-state index contributed by atoms with van der Waals surface area (Å²) in [5, 5.41) is 17.2. The summed E-state index contributed by atoms with van der Waals surface area (Å²) in [6, 6.07) is 8.63. The van der Waals surface area contributed by atoms with Gasteiger partial charge in [-0.25, -0.2) is 0 Å². The Morgan fingerprint density at radius 1 is 0.872 bits per heavy atom. The van der Waals surface area contributed by atoms with Crippen LogP contribution in [0, 0.1) is 5.92 Å². The zero-order valence-corrected chi connectivity index (χ0v) is 23.5. The fourth-order valence-corrected chi connectivity index (χ4v) is 5.20. The molecule has 1 saturated carbocycles. The number of aliphatic hydroxyl groups is 1. The molecule has 1 aromatic rings. The van der Waals surface area contributed by atoms with Crippen molar-refractivity contribution in [2.45, 2.75) is 108 Å². The molecule has 0 heterocycles. The number of nitrogens with one attached hydrogen (secondary N) is 2. The highest BCUT2D eigenvalue weighted by molar-refractivity contribution is 5.82. The van der Waals surface area contributed by atoms with Crippen LogP contribution in [0.5, 0.6) is 0 Å². The van der Waals surface area contributed by atoms with Crippen molar-refractivity contribution >= 4 is 23.8 Å². The Morgan fingerprint density at radius 2 is 1.46 bits per heavy atom. The Balaban J connectivity index is 2.06. The van der Waals surface area contributed by atoms with E-state index in [9.17, 15) is 24.3 Å². The maximum Gasteiger partial charge on any atom is 0.306 e. The highest BCUT2D eigenvalue weighted by Gasteiger charge is 2.26. The third-order valence-corrected chi connectivity index (χ3v) is 7.46. The van der Waals surface area contributed by atoms with E-state index in [4.69, 9.17) is 0 Å².